The van der Waals surface area contributed by atoms with Gasteiger partial charge in [-0.05, 0) is 43.0 Å². The number of thiazole rings is 1. The summed E-state index contributed by atoms with van der Waals surface area (Å²) in [6.07, 6.45) is 4.07. The van der Waals surface area contributed by atoms with Crippen molar-refractivity contribution in [3.8, 4) is 27.3 Å². The zero-order valence-electron chi connectivity index (χ0n) is 16.3. The summed E-state index contributed by atoms with van der Waals surface area (Å²) in [5.41, 5.74) is 13.3. The molecule has 1 saturated heterocycles. The summed E-state index contributed by atoms with van der Waals surface area (Å²) < 4.78 is 0. The highest BCUT2D eigenvalue weighted by molar-refractivity contribution is 7.15. The van der Waals surface area contributed by atoms with E-state index < -0.39 is 17.5 Å². The van der Waals surface area contributed by atoms with E-state index in [1.807, 2.05) is 31.2 Å². The predicted octanol–water partition coefficient (Wildman–Crippen LogP) is 2.74. The molecule has 0 spiro atoms. The van der Waals surface area contributed by atoms with Crippen molar-refractivity contribution in [3.63, 3.8) is 0 Å². The molecule has 9 heteroatoms. The fourth-order valence-corrected chi connectivity index (χ4v) is 5.26. The Morgan fingerprint density at radius 2 is 1.93 bits per heavy atom. The van der Waals surface area contributed by atoms with Crippen molar-refractivity contribution in [2.75, 3.05) is 6.54 Å². The summed E-state index contributed by atoms with van der Waals surface area (Å²) in [4.78, 5) is 35.3. The number of carbonyl (C=O) groups is 2. The standard InChI is InChI=1S/C21H21N5O3S/c1-12-17(14-5-2-4-13(8-14)15-9-16(27)11-24-10-15)30-19(25-12)21(18(22)28)6-3-7-26(21)20(23)29/h2,4-5,8-11,27H,3,6-7H2,1H3,(H2,22,28)(H2,23,29). The van der Waals surface area contributed by atoms with E-state index in [4.69, 9.17) is 11.5 Å². The third-order valence-electron chi connectivity index (χ3n) is 5.39. The van der Waals surface area contributed by atoms with Crippen LogP contribution in [0.1, 0.15) is 23.5 Å². The molecule has 1 aliphatic rings. The SMILES string of the molecule is Cc1nc(C2(C(N)=O)CCCN2C(N)=O)sc1-c1cccc(-c2cncc(O)c2)c1. The van der Waals surface area contributed by atoms with Crippen LogP contribution in [0, 0.1) is 6.92 Å². The Balaban J connectivity index is 1.79. The second-order valence-corrected chi connectivity index (χ2v) is 8.26. The molecule has 3 heterocycles. The minimum absolute atomic E-state index is 0.0883. The van der Waals surface area contributed by atoms with E-state index in [2.05, 4.69) is 9.97 Å². The van der Waals surface area contributed by atoms with Crippen LogP contribution in [-0.4, -0.2) is 38.5 Å². The molecule has 1 aromatic carbocycles. The summed E-state index contributed by atoms with van der Waals surface area (Å²) in [5.74, 6) is -0.538. The van der Waals surface area contributed by atoms with E-state index in [1.54, 1.807) is 12.3 Å². The first-order chi connectivity index (χ1) is 14.3. The Hall–Kier alpha value is -3.46. The van der Waals surface area contributed by atoms with Crippen molar-refractivity contribution in [2.45, 2.75) is 25.3 Å². The summed E-state index contributed by atoms with van der Waals surface area (Å²) in [5, 5.41) is 10.2. The lowest BCUT2D eigenvalue weighted by atomic mass is 9.96. The molecule has 154 valence electrons. The van der Waals surface area contributed by atoms with Gasteiger partial charge < -0.3 is 21.5 Å². The van der Waals surface area contributed by atoms with Crippen LogP contribution in [0.5, 0.6) is 5.75 Å². The molecule has 1 fully saturated rings. The quantitative estimate of drug-likeness (QED) is 0.593. The molecular weight excluding hydrogens is 402 g/mol. The number of rotatable bonds is 4. The second kappa shape index (κ2) is 7.42. The number of hydrogen-bond donors (Lipinski definition) is 3. The number of hydrogen-bond acceptors (Lipinski definition) is 6. The van der Waals surface area contributed by atoms with Gasteiger partial charge in [0.15, 0.2) is 5.54 Å². The van der Waals surface area contributed by atoms with E-state index in [9.17, 15) is 14.7 Å². The van der Waals surface area contributed by atoms with E-state index in [0.29, 0.717) is 24.4 Å². The van der Waals surface area contributed by atoms with Crippen molar-refractivity contribution in [2.24, 2.45) is 11.5 Å². The monoisotopic (exact) mass is 423 g/mol. The minimum Gasteiger partial charge on any atom is -0.506 e. The van der Waals surface area contributed by atoms with E-state index in [-0.39, 0.29) is 5.75 Å². The first-order valence-corrected chi connectivity index (χ1v) is 10.2. The number of nitrogens with two attached hydrogens (primary N) is 2. The van der Waals surface area contributed by atoms with Gasteiger partial charge in [-0.15, -0.1) is 11.3 Å². The third-order valence-corrected chi connectivity index (χ3v) is 6.74. The Kier molecular flexibility index (Phi) is 4.90. The van der Waals surface area contributed by atoms with Gasteiger partial charge in [-0.25, -0.2) is 9.78 Å². The van der Waals surface area contributed by atoms with Crippen LogP contribution in [0.3, 0.4) is 0 Å². The number of likely N-dealkylation sites (tertiary alicyclic amines) is 1. The number of urea groups is 1. The van der Waals surface area contributed by atoms with Gasteiger partial charge in [0.05, 0.1) is 16.8 Å². The molecule has 0 radical (unpaired) electrons. The number of carbonyl (C=O) groups excluding carboxylic acids is 2. The summed E-state index contributed by atoms with van der Waals surface area (Å²) in [7, 11) is 0. The topological polar surface area (TPSA) is 135 Å². The van der Waals surface area contributed by atoms with Crippen LogP contribution in [0.25, 0.3) is 21.6 Å². The van der Waals surface area contributed by atoms with Crippen molar-refractivity contribution in [3.05, 3.63) is 53.4 Å². The Labute approximate surface area is 177 Å². The number of primary amides is 2. The van der Waals surface area contributed by atoms with Gasteiger partial charge in [-0.1, -0.05) is 18.2 Å². The minimum atomic E-state index is -1.31. The normalized spacial score (nSPS) is 18.5. The molecule has 2 aromatic heterocycles. The van der Waals surface area contributed by atoms with Crippen LogP contribution in [0.15, 0.2) is 42.7 Å². The number of benzene rings is 1. The molecule has 1 aliphatic heterocycles. The molecule has 1 unspecified atom stereocenters. The van der Waals surface area contributed by atoms with Crippen LogP contribution in [0.4, 0.5) is 4.79 Å². The van der Waals surface area contributed by atoms with Gasteiger partial charge >= 0.3 is 6.03 Å². The summed E-state index contributed by atoms with van der Waals surface area (Å²) in [6, 6.07) is 8.71. The first-order valence-electron chi connectivity index (χ1n) is 9.42. The average molecular weight is 423 g/mol. The van der Waals surface area contributed by atoms with Crippen molar-refractivity contribution in [1.29, 1.82) is 0 Å². The third kappa shape index (κ3) is 3.17. The van der Waals surface area contributed by atoms with Gasteiger partial charge in [0, 0.05) is 18.3 Å². The molecule has 3 amide bonds. The van der Waals surface area contributed by atoms with Gasteiger partial charge in [0.2, 0.25) is 0 Å². The number of amides is 3. The molecule has 1 atom stereocenters. The molecule has 0 saturated carbocycles. The maximum absolute atomic E-state index is 12.5. The van der Waals surface area contributed by atoms with Crippen LogP contribution >= 0.6 is 11.3 Å². The van der Waals surface area contributed by atoms with Gasteiger partial charge in [0.25, 0.3) is 5.91 Å². The zero-order chi connectivity index (χ0) is 21.5. The van der Waals surface area contributed by atoms with E-state index >= 15 is 0 Å². The van der Waals surface area contributed by atoms with Gasteiger partial charge in [-0.2, -0.15) is 0 Å². The Morgan fingerprint density at radius 3 is 2.63 bits per heavy atom. The lowest BCUT2D eigenvalue weighted by Crippen LogP contribution is -2.55. The van der Waals surface area contributed by atoms with Crippen LogP contribution < -0.4 is 11.5 Å². The molecule has 8 nitrogen and oxygen atoms in total. The molecule has 4 rings (SSSR count). The summed E-state index contributed by atoms with van der Waals surface area (Å²) >= 11 is 1.34. The number of aromatic hydroxyl groups is 1. The highest BCUT2D eigenvalue weighted by Gasteiger charge is 2.52. The van der Waals surface area contributed by atoms with Crippen molar-refractivity contribution in [1.82, 2.24) is 14.9 Å². The molecule has 0 bridgehead atoms. The smallest absolute Gasteiger partial charge is 0.316 e. The molecular formula is C21H21N5O3S. The number of pyridine rings is 1. The predicted molar refractivity (Wildman–Crippen MR) is 114 cm³/mol. The summed E-state index contributed by atoms with van der Waals surface area (Å²) in [6.45, 7) is 2.22. The zero-order valence-corrected chi connectivity index (χ0v) is 17.1. The van der Waals surface area contributed by atoms with Crippen molar-refractivity contribution >= 4 is 23.3 Å². The van der Waals surface area contributed by atoms with Crippen LogP contribution in [0.2, 0.25) is 0 Å². The maximum Gasteiger partial charge on any atom is 0.316 e. The lowest BCUT2D eigenvalue weighted by molar-refractivity contribution is -0.127. The van der Waals surface area contributed by atoms with E-state index in [0.717, 1.165) is 27.3 Å². The molecule has 5 N–H and O–H groups in total. The highest BCUT2D eigenvalue weighted by Crippen LogP contribution is 2.44. The number of aromatic nitrogens is 2. The Morgan fingerprint density at radius 1 is 1.17 bits per heavy atom. The fourth-order valence-electron chi connectivity index (χ4n) is 3.97. The van der Waals surface area contributed by atoms with Crippen LogP contribution in [-0.2, 0) is 10.3 Å². The largest absolute Gasteiger partial charge is 0.506 e. The fraction of sp³-hybridized carbons (Fsp3) is 0.238. The molecule has 3 aromatic rings. The maximum atomic E-state index is 12.5. The molecule has 30 heavy (non-hydrogen) atoms. The number of aryl methyl sites for hydroxylation is 1. The Bertz CT molecular complexity index is 1150. The lowest BCUT2D eigenvalue weighted by Gasteiger charge is -2.32. The molecule has 0 aliphatic carbocycles. The van der Waals surface area contributed by atoms with E-state index in [1.165, 1.54) is 22.4 Å². The van der Waals surface area contributed by atoms with Crippen molar-refractivity contribution < 1.29 is 14.7 Å². The number of nitrogens with zero attached hydrogens (tertiary/aromatic N) is 3. The van der Waals surface area contributed by atoms with Gasteiger partial charge in [-0.3, -0.25) is 9.78 Å². The first kappa shape index (κ1) is 19.8. The average Bonchev–Trinajstić information content (AvgIpc) is 3.33. The van der Waals surface area contributed by atoms with Gasteiger partial charge in [0.1, 0.15) is 10.8 Å². The highest BCUT2D eigenvalue weighted by atomic mass is 32.1. The second-order valence-electron chi connectivity index (χ2n) is 7.26.